The Kier molecular flexibility index (Phi) is 4.28. The Bertz CT molecular complexity index is 552. The van der Waals surface area contributed by atoms with Crippen molar-refractivity contribution in [2.24, 2.45) is 0 Å². The van der Waals surface area contributed by atoms with Gasteiger partial charge in [0.05, 0.1) is 5.69 Å². The second-order valence-electron chi connectivity index (χ2n) is 5.30. The van der Waals surface area contributed by atoms with E-state index >= 15 is 0 Å². The maximum atomic E-state index is 4.23. The molecule has 0 saturated carbocycles. The molecular formula is C17H21N3. The largest absolute Gasteiger partial charge is 0.312 e. The lowest BCUT2D eigenvalue weighted by atomic mass is 10.1. The van der Waals surface area contributed by atoms with E-state index in [1.54, 1.807) is 11.8 Å². The number of aromatic nitrogens is 2. The van der Waals surface area contributed by atoms with Gasteiger partial charge in [-0.3, -0.25) is 0 Å². The van der Waals surface area contributed by atoms with Crippen LogP contribution in [0.5, 0.6) is 0 Å². The van der Waals surface area contributed by atoms with E-state index in [1.165, 1.54) is 31.2 Å². The summed E-state index contributed by atoms with van der Waals surface area (Å²) in [5, 5.41) is 7.75. The van der Waals surface area contributed by atoms with Gasteiger partial charge in [0.25, 0.3) is 0 Å². The van der Waals surface area contributed by atoms with Crippen molar-refractivity contribution in [3.63, 3.8) is 0 Å². The molecule has 3 rings (SSSR count). The van der Waals surface area contributed by atoms with E-state index in [0.29, 0.717) is 0 Å². The molecule has 1 aliphatic rings. The Morgan fingerprint density at radius 1 is 1.20 bits per heavy atom. The zero-order valence-electron chi connectivity index (χ0n) is 11.8. The van der Waals surface area contributed by atoms with Crippen LogP contribution in [0.15, 0.2) is 54.4 Å². The minimum Gasteiger partial charge on any atom is -0.312 e. The summed E-state index contributed by atoms with van der Waals surface area (Å²) in [6.07, 6.45) is 11.3. The monoisotopic (exact) mass is 267 g/mol. The van der Waals surface area contributed by atoms with E-state index < -0.39 is 0 Å². The molecule has 0 bridgehead atoms. The normalized spacial score (nSPS) is 14.5. The second kappa shape index (κ2) is 6.53. The van der Waals surface area contributed by atoms with Gasteiger partial charge < -0.3 is 5.32 Å². The van der Waals surface area contributed by atoms with Gasteiger partial charge in [-0.05, 0) is 56.0 Å². The second-order valence-corrected chi connectivity index (χ2v) is 5.30. The lowest BCUT2D eigenvalue weighted by Gasteiger charge is -2.07. The standard InChI is InChI=1S/C17H21N3/c1-2-5-15(4-1)10-12-18-14-16-6-8-17(9-7-16)20-13-3-11-19-20/h3-4,6-9,11,13,18H,1-2,5,10,12,14H2. The lowest BCUT2D eigenvalue weighted by Crippen LogP contribution is -2.15. The molecule has 0 amide bonds. The van der Waals surface area contributed by atoms with Crippen LogP contribution < -0.4 is 5.32 Å². The van der Waals surface area contributed by atoms with Gasteiger partial charge in [0.2, 0.25) is 0 Å². The summed E-state index contributed by atoms with van der Waals surface area (Å²) in [5.41, 5.74) is 4.06. The van der Waals surface area contributed by atoms with Crippen molar-refractivity contribution in [2.75, 3.05) is 6.54 Å². The van der Waals surface area contributed by atoms with Crippen molar-refractivity contribution in [3.05, 3.63) is 59.9 Å². The number of hydrogen-bond donors (Lipinski definition) is 1. The zero-order valence-corrected chi connectivity index (χ0v) is 11.8. The number of hydrogen-bond acceptors (Lipinski definition) is 2. The zero-order chi connectivity index (χ0) is 13.6. The molecule has 0 fully saturated rings. The number of benzene rings is 1. The molecule has 2 aromatic rings. The maximum Gasteiger partial charge on any atom is 0.0645 e. The highest BCUT2D eigenvalue weighted by Crippen LogP contribution is 2.19. The van der Waals surface area contributed by atoms with E-state index in [2.05, 4.69) is 40.8 Å². The van der Waals surface area contributed by atoms with Crippen LogP contribution in [0, 0.1) is 0 Å². The van der Waals surface area contributed by atoms with E-state index in [-0.39, 0.29) is 0 Å². The van der Waals surface area contributed by atoms with Crippen LogP contribution in [-0.2, 0) is 6.54 Å². The summed E-state index contributed by atoms with van der Waals surface area (Å²) in [5.74, 6) is 0. The minimum atomic E-state index is 0.937. The van der Waals surface area contributed by atoms with Gasteiger partial charge in [-0.25, -0.2) is 4.68 Å². The van der Waals surface area contributed by atoms with E-state index in [1.807, 2.05) is 16.9 Å². The van der Waals surface area contributed by atoms with Crippen LogP contribution in [0.4, 0.5) is 0 Å². The molecule has 1 aliphatic carbocycles. The van der Waals surface area contributed by atoms with Gasteiger partial charge in [0, 0.05) is 18.9 Å². The van der Waals surface area contributed by atoms with Crippen LogP contribution in [0.2, 0.25) is 0 Å². The highest BCUT2D eigenvalue weighted by atomic mass is 15.3. The third-order valence-electron chi connectivity index (χ3n) is 3.79. The summed E-state index contributed by atoms with van der Waals surface area (Å²) in [6.45, 7) is 2.01. The fourth-order valence-corrected chi connectivity index (χ4v) is 2.63. The third kappa shape index (κ3) is 3.36. The van der Waals surface area contributed by atoms with Crippen LogP contribution >= 0.6 is 0 Å². The third-order valence-corrected chi connectivity index (χ3v) is 3.79. The van der Waals surface area contributed by atoms with Crippen molar-refractivity contribution in [1.29, 1.82) is 0 Å². The first kappa shape index (κ1) is 13.1. The number of nitrogens with one attached hydrogen (secondary N) is 1. The van der Waals surface area contributed by atoms with E-state index in [4.69, 9.17) is 0 Å². The van der Waals surface area contributed by atoms with Gasteiger partial charge in [-0.2, -0.15) is 5.10 Å². The smallest absolute Gasteiger partial charge is 0.0645 e. The van der Waals surface area contributed by atoms with Crippen LogP contribution in [0.25, 0.3) is 5.69 Å². The molecule has 0 spiro atoms. The van der Waals surface area contributed by atoms with Crippen molar-refractivity contribution >= 4 is 0 Å². The topological polar surface area (TPSA) is 29.9 Å². The fourth-order valence-electron chi connectivity index (χ4n) is 2.63. The summed E-state index contributed by atoms with van der Waals surface area (Å²) in [4.78, 5) is 0. The van der Waals surface area contributed by atoms with Gasteiger partial charge in [0.15, 0.2) is 0 Å². The first-order chi connectivity index (χ1) is 9.92. The van der Waals surface area contributed by atoms with Crippen LogP contribution in [-0.4, -0.2) is 16.3 Å². The SMILES string of the molecule is C1=C(CCNCc2ccc(-n3cccn3)cc2)CCC1. The van der Waals surface area contributed by atoms with Crippen molar-refractivity contribution in [3.8, 4) is 5.69 Å². The number of nitrogens with zero attached hydrogens (tertiary/aromatic N) is 2. The first-order valence-corrected chi connectivity index (χ1v) is 7.39. The molecule has 20 heavy (non-hydrogen) atoms. The molecule has 3 heteroatoms. The van der Waals surface area contributed by atoms with Crippen molar-refractivity contribution in [2.45, 2.75) is 32.2 Å². The first-order valence-electron chi connectivity index (χ1n) is 7.39. The van der Waals surface area contributed by atoms with Crippen LogP contribution in [0.3, 0.4) is 0 Å². The number of rotatable bonds is 6. The van der Waals surface area contributed by atoms with Gasteiger partial charge in [0.1, 0.15) is 0 Å². The predicted molar refractivity (Wildman–Crippen MR) is 81.8 cm³/mol. The molecule has 0 saturated heterocycles. The average molecular weight is 267 g/mol. The maximum absolute atomic E-state index is 4.23. The highest BCUT2D eigenvalue weighted by molar-refractivity contribution is 5.33. The summed E-state index contributed by atoms with van der Waals surface area (Å²) in [6, 6.07) is 10.5. The highest BCUT2D eigenvalue weighted by Gasteiger charge is 2.03. The molecule has 104 valence electrons. The molecule has 1 aromatic carbocycles. The molecule has 0 aliphatic heterocycles. The van der Waals surface area contributed by atoms with Gasteiger partial charge >= 0.3 is 0 Å². The Morgan fingerprint density at radius 3 is 2.80 bits per heavy atom. The quantitative estimate of drug-likeness (QED) is 0.641. The van der Waals surface area contributed by atoms with E-state index in [9.17, 15) is 0 Å². The molecule has 1 heterocycles. The van der Waals surface area contributed by atoms with Gasteiger partial charge in [-0.1, -0.05) is 23.8 Å². The Hall–Kier alpha value is -1.87. The molecule has 1 N–H and O–H groups in total. The van der Waals surface area contributed by atoms with Crippen molar-refractivity contribution in [1.82, 2.24) is 15.1 Å². The Morgan fingerprint density at radius 2 is 2.10 bits per heavy atom. The molecule has 0 atom stereocenters. The summed E-state index contributed by atoms with van der Waals surface area (Å²) >= 11 is 0. The molecule has 1 aromatic heterocycles. The summed E-state index contributed by atoms with van der Waals surface area (Å²) < 4.78 is 1.88. The van der Waals surface area contributed by atoms with Crippen LogP contribution in [0.1, 0.15) is 31.2 Å². The average Bonchev–Trinajstić information content (AvgIpc) is 3.17. The molecule has 3 nitrogen and oxygen atoms in total. The Balaban J connectivity index is 1.46. The van der Waals surface area contributed by atoms with E-state index in [0.717, 1.165) is 18.8 Å². The molecule has 0 unspecified atom stereocenters. The predicted octanol–water partition coefficient (Wildman–Crippen LogP) is 3.46. The molecule has 0 radical (unpaired) electrons. The lowest BCUT2D eigenvalue weighted by molar-refractivity contribution is 0.675. The Labute approximate surface area is 120 Å². The minimum absolute atomic E-state index is 0.937. The van der Waals surface area contributed by atoms with Gasteiger partial charge in [-0.15, -0.1) is 0 Å². The summed E-state index contributed by atoms with van der Waals surface area (Å²) in [7, 11) is 0. The fraction of sp³-hybridized carbons (Fsp3) is 0.353. The number of allylic oxidation sites excluding steroid dienone is 1. The van der Waals surface area contributed by atoms with Crippen molar-refractivity contribution < 1.29 is 0 Å². The molecular weight excluding hydrogens is 246 g/mol.